The van der Waals surface area contributed by atoms with Crippen LogP contribution in [0.2, 0.25) is 0 Å². The van der Waals surface area contributed by atoms with Crippen molar-refractivity contribution in [1.82, 2.24) is 14.5 Å². The van der Waals surface area contributed by atoms with Gasteiger partial charge in [0.25, 0.3) is 5.56 Å². The summed E-state index contributed by atoms with van der Waals surface area (Å²) in [6, 6.07) is 9.96. The zero-order valence-electron chi connectivity index (χ0n) is 22.1. The second kappa shape index (κ2) is 10.0. The quantitative estimate of drug-likeness (QED) is 0.630. The average Bonchev–Trinajstić information content (AvgIpc) is 3.40. The number of piperidine rings is 1. The molecule has 3 unspecified atom stereocenters. The first-order valence-corrected chi connectivity index (χ1v) is 14.4. The molecule has 3 aliphatic heterocycles. The van der Waals surface area contributed by atoms with Crippen molar-refractivity contribution in [2.75, 3.05) is 25.1 Å². The van der Waals surface area contributed by atoms with Crippen LogP contribution in [0, 0.1) is 0 Å². The van der Waals surface area contributed by atoms with Gasteiger partial charge >= 0.3 is 5.97 Å². The Morgan fingerprint density at radius 2 is 1.65 bits per heavy atom. The molecule has 2 N–H and O–H groups in total. The van der Waals surface area contributed by atoms with E-state index < -0.39 is 11.5 Å². The van der Waals surface area contributed by atoms with E-state index in [4.69, 9.17) is 15.5 Å². The number of ether oxygens (including phenoxy) is 1. The van der Waals surface area contributed by atoms with Gasteiger partial charge in [0.2, 0.25) is 0 Å². The summed E-state index contributed by atoms with van der Waals surface area (Å²) in [5, 5.41) is 0. The normalized spacial score (nSPS) is 31.4. The van der Waals surface area contributed by atoms with E-state index in [2.05, 4.69) is 4.90 Å². The summed E-state index contributed by atoms with van der Waals surface area (Å²) in [7, 11) is 1.36. The number of nitrogens with zero attached hydrogens (tertiary/aromatic N) is 4. The fraction of sp³-hybridized carbons (Fsp3) is 0.690. The molecule has 4 heterocycles. The molecule has 1 saturated carbocycles. The van der Waals surface area contributed by atoms with Gasteiger partial charge in [-0.3, -0.25) is 9.69 Å². The molecule has 0 spiro atoms. The minimum absolute atomic E-state index is 0.0587. The van der Waals surface area contributed by atoms with Crippen molar-refractivity contribution in [2.45, 2.75) is 107 Å². The van der Waals surface area contributed by atoms with E-state index in [0.29, 0.717) is 36.9 Å². The van der Waals surface area contributed by atoms with Gasteiger partial charge in [0.15, 0.2) is 5.82 Å². The van der Waals surface area contributed by atoms with E-state index in [1.807, 2.05) is 33.7 Å². The lowest BCUT2D eigenvalue weighted by molar-refractivity contribution is -0.146. The second-order valence-electron chi connectivity index (χ2n) is 11.9. The summed E-state index contributed by atoms with van der Waals surface area (Å²) in [5.41, 5.74) is 6.94. The first-order valence-electron chi connectivity index (χ1n) is 14.4. The van der Waals surface area contributed by atoms with Gasteiger partial charge in [-0.1, -0.05) is 44.2 Å². The maximum Gasteiger partial charge on any atom is 0.327 e. The summed E-state index contributed by atoms with van der Waals surface area (Å²) in [5.74, 6) is -0.0287. The van der Waals surface area contributed by atoms with Crippen molar-refractivity contribution < 1.29 is 9.53 Å². The van der Waals surface area contributed by atoms with E-state index in [9.17, 15) is 9.59 Å². The summed E-state index contributed by atoms with van der Waals surface area (Å²) in [6.07, 6.45) is 14.5. The third kappa shape index (κ3) is 4.46. The third-order valence-electron chi connectivity index (χ3n) is 9.60. The van der Waals surface area contributed by atoms with E-state index in [0.717, 1.165) is 23.9 Å². The van der Waals surface area contributed by atoms with Gasteiger partial charge in [-0.2, -0.15) is 0 Å². The fourth-order valence-electron chi connectivity index (χ4n) is 7.82. The monoisotopic (exact) mass is 507 g/mol. The minimum Gasteiger partial charge on any atom is -0.468 e. The Kier molecular flexibility index (Phi) is 6.74. The standard InChI is InChI=1S/C29H41N5O3/c1-37-28(36)29(30)15-16-32(19-29)26-27(35)34(25-12-8-7-11-24(25)31-26)23-17-21-13-14-22(18-23)33(21)20-9-5-3-2-4-6-10-20/h7-8,11-12,20-23H,2-6,9-10,13-19,30H2,1H3. The highest BCUT2D eigenvalue weighted by molar-refractivity contribution is 5.83. The van der Waals surface area contributed by atoms with Gasteiger partial charge in [0, 0.05) is 37.3 Å². The predicted molar refractivity (Wildman–Crippen MR) is 145 cm³/mol. The van der Waals surface area contributed by atoms with E-state index in [1.54, 1.807) is 0 Å². The average molecular weight is 508 g/mol. The van der Waals surface area contributed by atoms with Gasteiger partial charge in [-0.25, -0.2) is 9.78 Å². The Labute approximate surface area is 219 Å². The zero-order chi connectivity index (χ0) is 25.6. The summed E-state index contributed by atoms with van der Waals surface area (Å²) in [4.78, 5) is 36.0. The van der Waals surface area contributed by atoms with Gasteiger partial charge in [0.1, 0.15) is 5.54 Å². The van der Waals surface area contributed by atoms with Gasteiger partial charge in [0.05, 0.1) is 18.1 Å². The molecule has 8 heteroatoms. The predicted octanol–water partition coefficient (Wildman–Crippen LogP) is 3.76. The number of para-hydroxylation sites is 2. The number of nitrogens with two attached hydrogens (primary N) is 1. The van der Waals surface area contributed by atoms with E-state index >= 15 is 0 Å². The van der Waals surface area contributed by atoms with Crippen LogP contribution in [0.3, 0.4) is 0 Å². The summed E-state index contributed by atoms with van der Waals surface area (Å²) < 4.78 is 6.98. The van der Waals surface area contributed by atoms with Gasteiger partial charge in [-0.05, 0) is 57.1 Å². The lowest BCUT2D eigenvalue weighted by atomic mass is 9.89. The molecular formula is C29H41N5O3. The lowest BCUT2D eigenvalue weighted by Gasteiger charge is -2.45. The molecule has 200 valence electrons. The number of carbonyl (C=O) groups is 1. The first-order chi connectivity index (χ1) is 18.0. The second-order valence-corrected chi connectivity index (χ2v) is 11.9. The minimum atomic E-state index is -1.11. The maximum atomic E-state index is 14.1. The van der Waals surface area contributed by atoms with Crippen LogP contribution >= 0.6 is 0 Å². The largest absolute Gasteiger partial charge is 0.468 e. The van der Waals surface area contributed by atoms with Crippen molar-refractivity contribution in [3.8, 4) is 0 Å². The zero-order valence-corrected chi connectivity index (χ0v) is 22.1. The Hall–Kier alpha value is -2.45. The van der Waals surface area contributed by atoms with Gasteiger partial charge in [-0.15, -0.1) is 0 Å². The molecule has 2 bridgehead atoms. The number of esters is 1. The Morgan fingerprint density at radius 1 is 0.973 bits per heavy atom. The van der Waals surface area contributed by atoms with Crippen LogP contribution in [0.4, 0.5) is 5.82 Å². The molecule has 6 rings (SSSR count). The molecule has 1 aliphatic carbocycles. The number of hydrogen-bond donors (Lipinski definition) is 1. The van der Waals surface area contributed by atoms with Crippen LogP contribution in [0.1, 0.15) is 83.1 Å². The summed E-state index contributed by atoms with van der Waals surface area (Å²) in [6.45, 7) is 0.753. The SMILES string of the molecule is COC(=O)C1(N)CCN(c2nc3ccccc3n(C3CC4CCC(C3)N4C3CCCCCCC3)c2=O)C1. The van der Waals surface area contributed by atoms with Crippen molar-refractivity contribution in [3.05, 3.63) is 34.6 Å². The number of hydrogen-bond acceptors (Lipinski definition) is 7. The number of anilines is 1. The number of aromatic nitrogens is 2. The maximum absolute atomic E-state index is 14.1. The highest BCUT2D eigenvalue weighted by Gasteiger charge is 2.46. The molecule has 0 amide bonds. The molecular weight excluding hydrogens is 466 g/mol. The number of carbonyl (C=O) groups excluding carboxylic acids is 1. The molecule has 2 aromatic rings. The Bertz CT molecular complexity index is 1190. The van der Waals surface area contributed by atoms with Gasteiger partial charge < -0.3 is 19.9 Å². The molecule has 4 aliphatic rings. The molecule has 8 nitrogen and oxygen atoms in total. The Morgan fingerprint density at radius 3 is 2.35 bits per heavy atom. The summed E-state index contributed by atoms with van der Waals surface area (Å²) >= 11 is 0. The van der Waals surface area contributed by atoms with Crippen LogP contribution in [0.25, 0.3) is 11.0 Å². The van der Waals surface area contributed by atoms with Crippen LogP contribution in [0.15, 0.2) is 29.1 Å². The molecule has 1 aromatic carbocycles. The number of fused-ring (bicyclic) bond motifs is 3. The molecule has 1 aromatic heterocycles. The Balaban J connectivity index is 1.32. The van der Waals surface area contributed by atoms with Crippen molar-refractivity contribution in [3.63, 3.8) is 0 Å². The van der Waals surface area contributed by atoms with Crippen LogP contribution in [0.5, 0.6) is 0 Å². The van der Waals surface area contributed by atoms with Crippen LogP contribution in [-0.2, 0) is 9.53 Å². The number of benzene rings is 1. The third-order valence-corrected chi connectivity index (χ3v) is 9.60. The number of rotatable bonds is 4. The van der Waals surface area contributed by atoms with Crippen LogP contribution in [-0.4, -0.2) is 64.3 Å². The van der Waals surface area contributed by atoms with Crippen molar-refractivity contribution in [2.24, 2.45) is 5.73 Å². The van der Waals surface area contributed by atoms with E-state index in [1.165, 1.54) is 64.9 Å². The smallest absolute Gasteiger partial charge is 0.327 e. The molecule has 0 radical (unpaired) electrons. The van der Waals surface area contributed by atoms with Crippen LogP contribution < -0.4 is 16.2 Å². The number of methoxy groups -OCH3 is 1. The van der Waals surface area contributed by atoms with Crippen molar-refractivity contribution in [1.29, 1.82) is 0 Å². The topological polar surface area (TPSA) is 93.7 Å². The van der Waals surface area contributed by atoms with Crippen molar-refractivity contribution >= 4 is 22.8 Å². The molecule has 3 saturated heterocycles. The lowest BCUT2D eigenvalue weighted by Crippen LogP contribution is -2.52. The van der Waals surface area contributed by atoms with E-state index in [-0.39, 0.29) is 18.1 Å². The first kappa shape index (κ1) is 24.9. The molecule has 4 fully saturated rings. The highest BCUT2D eigenvalue weighted by atomic mass is 16.5. The molecule has 37 heavy (non-hydrogen) atoms. The highest BCUT2D eigenvalue weighted by Crippen LogP contribution is 2.44. The molecule has 3 atom stereocenters. The fourth-order valence-corrected chi connectivity index (χ4v) is 7.82.